The first-order chi connectivity index (χ1) is 9.86. The molecule has 21 heavy (non-hydrogen) atoms. The quantitative estimate of drug-likeness (QED) is 0.714. The lowest BCUT2D eigenvalue weighted by Gasteiger charge is -2.23. The van der Waals surface area contributed by atoms with Gasteiger partial charge in [-0.05, 0) is 25.0 Å². The van der Waals surface area contributed by atoms with E-state index in [4.69, 9.17) is 28.9 Å². The first-order valence-electron chi connectivity index (χ1n) is 7.09. The highest BCUT2D eigenvalue weighted by Gasteiger charge is 2.27. The standard InChI is InChI=1S/C14H22Cl2N2O2S/c1-3-5-9-18(10-6-4-2)21(19,20)12-8-7-11(15)14(17)13(12)16/h7-8H,3-6,9-10,17H2,1-2H3. The second-order valence-corrected chi connectivity index (χ2v) is 7.58. The van der Waals surface area contributed by atoms with E-state index >= 15 is 0 Å². The van der Waals surface area contributed by atoms with Gasteiger partial charge in [0.2, 0.25) is 10.0 Å². The summed E-state index contributed by atoms with van der Waals surface area (Å²) in [5, 5.41) is 0.258. The topological polar surface area (TPSA) is 63.4 Å². The fourth-order valence-corrected chi connectivity index (χ4v) is 4.17. The van der Waals surface area contributed by atoms with E-state index < -0.39 is 10.0 Å². The summed E-state index contributed by atoms with van der Waals surface area (Å²) >= 11 is 11.9. The van der Waals surface area contributed by atoms with Crippen molar-refractivity contribution in [3.8, 4) is 0 Å². The molecule has 1 aromatic rings. The van der Waals surface area contributed by atoms with E-state index in [-0.39, 0.29) is 20.6 Å². The molecule has 0 fully saturated rings. The molecular formula is C14H22Cl2N2O2S. The van der Waals surface area contributed by atoms with Crippen molar-refractivity contribution < 1.29 is 8.42 Å². The molecule has 0 amide bonds. The Labute approximate surface area is 137 Å². The largest absolute Gasteiger partial charge is 0.396 e. The lowest BCUT2D eigenvalue weighted by molar-refractivity contribution is 0.395. The predicted molar refractivity (Wildman–Crippen MR) is 89.4 cm³/mol. The lowest BCUT2D eigenvalue weighted by atomic mass is 10.3. The number of unbranched alkanes of at least 4 members (excludes halogenated alkanes) is 2. The SMILES string of the molecule is CCCCN(CCCC)S(=O)(=O)c1ccc(Cl)c(N)c1Cl. The first-order valence-corrected chi connectivity index (χ1v) is 9.29. The van der Waals surface area contributed by atoms with Crippen molar-refractivity contribution in [1.82, 2.24) is 4.31 Å². The van der Waals surface area contributed by atoms with Crippen LogP contribution >= 0.6 is 23.2 Å². The molecule has 1 rings (SSSR count). The second-order valence-electron chi connectivity index (χ2n) is 4.88. The van der Waals surface area contributed by atoms with Gasteiger partial charge in [-0.15, -0.1) is 0 Å². The molecule has 0 aliphatic rings. The second kappa shape index (κ2) is 8.22. The Kier molecular flexibility index (Phi) is 7.27. The van der Waals surface area contributed by atoms with Crippen LogP contribution < -0.4 is 5.73 Å². The molecule has 0 atom stereocenters. The molecule has 0 bridgehead atoms. The van der Waals surface area contributed by atoms with Gasteiger partial charge in [-0.1, -0.05) is 49.9 Å². The van der Waals surface area contributed by atoms with Gasteiger partial charge in [-0.25, -0.2) is 8.42 Å². The highest BCUT2D eigenvalue weighted by molar-refractivity contribution is 7.89. The van der Waals surface area contributed by atoms with E-state index in [1.165, 1.54) is 16.4 Å². The van der Waals surface area contributed by atoms with E-state index in [0.717, 1.165) is 25.7 Å². The van der Waals surface area contributed by atoms with Crippen molar-refractivity contribution in [2.45, 2.75) is 44.4 Å². The monoisotopic (exact) mass is 352 g/mol. The van der Waals surface area contributed by atoms with Crippen molar-refractivity contribution >= 4 is 38.9 Å². The van der Waals surface area contributed by atoms with Crippen LogP contribution in [0.3, 0.4) is 0 Å². The fourth-order valence-electron chi connectivity index (χ4n) is 1.91. The maximum atomic E-state index is 12.8. The normalized spacial score (nSPS) is 12.0. The van der Waals surface area contributed by atoms with Crippen LogP contribution in [-0.4, -0.2) is 25.8 Å². The minimum atomic E-state index is -3.65. The van der Waals surface area contributed by atoms with Crippen LogP contribution in [0.4, 0.5) is 5.69 Å². The summed E-state index contributed by atoms with van der Waals surface area (Å²) in [5.74, 6) is 0. The van der Waals surface area contributed by atoms with Crippen LogP contribution in [0, 0.1) is 0 Å². The first kappa shape index (κ1) is 18.6. The molecule has 0 radical (unpaired) electrons. The summed E-state index contributed by atoms with van der Waals surface area (Å²) < 4.78 is 27.0. The van der Waals surface area contributed by atoms with Crippen molar-refractivity contribution in [2.75, 3.05) is 18.8 Å². The van der Waals surface area contributed by atoms with Crippen molar-refractivity contribution in [3.05, 3.63) is 22.2 Å². The highest BCUT2D eigenvalue weighted by atomic mass is 35.5. The summed E-state index contributed by atoms with van der Waals surface area (Å²) in [5.41, 5.74) is 5.84. The van der Waals surface area contributed by atoms with E-state index in [9.17, 15) is 8.42 Å². The fraction of sp³-hybridized carbons (Fsp3) is 0.571. The molecule has 0 unspecified atom stereocenters. The number of nitrogens with zero attached hydrogens (tertiary/aromatic N) is 1. The van der Waals surface area contributed by atoms with Gasteiger partial charge in [0.1, 0.15) is 4.90 Å². The number of benzene rings is 1. The Morgan fingerprint density at radius 3 is 2.10 bits per heavy atom. The zero-order valence-electron chi connectivity index (χ0n) is 12.4. The van der Waals surface area contributed by atoms with Crippen LogP contribution in [0.2, 0.25) is 10.0 Å². The Hall–Kier alpha value is -0.490. The molecule has 0 saturated carbocycles. The summed E-state index contributed by atoms with van der Waals surface area (Å²) in [4.78, 5) is 0.0262. The van der Waals surface area contributed by atoms with Gasteiger partial charge in [0, 0.05) is 13.1 Å². The third-order valence-corrected chi connectivity index (χ3v) is 6.02. The molecule has 0 aromatic heterocycles. The smallest absolute Gasteiger partial charge is 0.244 e. The zero-order chi connectivity index (χ0) is 16.0. The molecule has 0 aliphatic carbocycles. The molecule has 4 nitrogen and oxygen atoms in total. The molecule has 7 heteroatoms. The predicted octanol–water partition coefficient (Wildman–Crippen LogP) is 4.17. The minimum absolute atomic E-state index is 0.000460. The van der Waals surface area contributed by atoms with Gasteiger partial charge < -0.3 is 5.73 Å². The van der Waals surface area contributed by atoms with Gasteiger partial charge >= 0.3 is 0 Å². The van der Waals surface area contributed by atoms with Crippen LogP contribution in [0.25, 0.3) is 0 Å². The Morgan fingerprint density at radius 1 is 1.10 bits per heavy atom. The third kappa shape index (κ3) is 4.49. The molecular weight excluding hydrogens is 331 g/mol. The molecule has 0 heterocycles. The highest BCUT2D eigenvalue weighted by Crippen LogP contribution is 2.34. The van der Waals surface area contributed by atoms with Crippen molar-refractivity contribution in [3.63, 3.8) is 0 Å². The van der Waals surface area contributed by atoms with Gasteiger partial charge in [0.05, 0.1) is 15.7 Å². The number of rotatable bonds is 8. The van der Waals surface area contributed by atoms with E-state index in [1.54, 1.807) is 0 Å². The maximum absolute atomic E-state index is 12.8. The van der Waals surface area contributed by atoms with Crippen molar-refractivity contribution in [2.24, 2.45) is 0 Å². The van der Waals surface area contributed by atoms with Gasteiger partial charge in [-0.3, -0.25) is 0 Å². The Morgan fingerprint density at radius 2 is 1.62 bits per heavy atom. The average molecular weight is 353 g/mol. The molecule has 0 saturated heterocycles. The van der Waals surface area contributed by atoms with Crippen LogP contribution in [0.1, 0.15) is 39.5 Å². The number of nitrogens with two attached hydrogens (primary N) is 1. The zero-order valence-corrected chi connectivity index (χ0v) is 14.7. The van der Waals surface area contributed by atoms with Crippen LogP contribution in [0.5, 0.6) is 0 Å². The molecule has 1 aromatic carbocycles. The van der Waals surface area contributed by atoms with E-state index in [0.29, 0.717) is 13.1 Å². The summed E-state index contributed by atoms with van der Waals surface area (Å²) in [6, 6.07) is 2.88. The molecule has 2 N–H and O–H groups in total. The summed E-state index contributed by atoms with van der Waals surface area (Å²) in [6.07, 6.45) is 3.47. The number of halogens is 2. The summed E-state index contributed by atoms with van der Waals surface area (Å²) in [6.45, 7) is 5.02. The van der Waals surface area contributed by atoms with Crippen LogP contribution in [0.15, 0.2) is 17.0 Å². The lowest BCUT2D eigenvalue weighted by Crippen LogP contribution is -2.33. The summed E-state index contributed by atoms with van der Waals surface area (Å²) in [7, 11) is -3.65. The minimum Gasteiger partial charge on any atom is -0.396 e. The van der Waals surface area contributed by atoms with E-state index in [2.05, 4.69) is 0 Å². The van der Waals surface area contributed by atoms with Gasteiger partial charge in [0.25, 0.3) is 0 Å². The number of hydrogen-bond donors (Lipinski definition) is 1. The maximum Gasteiger partial charge on any atom is 0.244 e. The third-order valence-electron chi connectivity index (χ3n) is 3.23. The average Bonchev–Trinajstić information content (AvgIpc) is 2.44. The molecule has 120 valence electrons. The number of hydrogen-bond acceptors (Lipinski definition) is 3. The van der Waals surface area contributed by atoms with Crippen molar-refractivity contribution in [1.29, 1.82) is 0 Å². The molecule has 0 aliphatic heterocycles. The number of nitrogen functional groups attached to an aromatic ring is 1. The number of sulfonamides is 1. The Bertz CT molecular complexity index is 569. The van der Waals surface area contributed by atoms with Gasteiger partial charge in [0.15, 0.2) is 0 Å². The van der Waals surface area contributed by atoms with E-state index in [1.807, 2.05) is 13.8 Å². The van der Waals surface area contributed by atoms with Crippen LogP contribution in [-0.2, 0) is 10.0 Å². The van der Waals surface area contributed by atoms with Gasteiger partial charge in [-0.2, -0.15) is 4.31 Å². The number of anilines is 1. The Balaban J connectivity index is 3.18. The molecule has 0 spiro atoms.